The molecule has 1 N–H and O–H groups in total. The second-order valence-corrected chi connectivity index (χ2v) is 10.3. The zero-order valence-electron chi connectivity index (χ0n) is 21.9. The fourth-order valence-electron chi connectivity index (χ4n) is 4.15. The summed E-state index contributed by atoms with van der Waals surface area (Å²) in [5.74, 6) is 0.311. The second kappa shape index (κ2) is 13.6. The first-order valence-electron chi connectivity index (χ1n) is 13.0. The summed E-state index contributed by atoms with van der Waals surface area (Å²) in [7, 11) is 0. The van der Waals surface area contributed by atoms with E-state index in [2.05, 4.69) is 32.3 Å². The molecule has 202 valence electrons. The Morgan fingerprint density at radius 2 is 1.52 bits per heavy atom. The van der Waals surface area contributed by atoms with Gasteiger partial charge in [-0.15, -0.1) is 11.3 Å². The van der Waals surface area contributed by atoms with E-state index in [4.69, 9.17) is 4.74 Å². The molecule has 5 aromatic rings. The highest BCUT2D eigenvalue weighted by atomic mass is 32.1. The molecule has 0 saturated heterocycles. The predicted octanol–water partition coefficient (Wildman–Crippen LogP) is 6.39. The molecule has 8 heteroatoms. The van der Waals surface area contributed by atoms with Crippen molar-refractivity contribution >= 4 is 17.2 Å². The molecule has 0 aliphatic heterocycles. The van der Waals surface area contributed by atoms with Gasteiger partial charge < -0.3 is 10.1 Å². The first kappa shape index (κ1) is 27.2. The van der Waals surface area contributed by atoms with E-state index in [1.807, 2.05) is 60.7 Å². The van der Waals surface area contributed by atoms with E-state index in [-0.39, 0.29) is 11.7 Å². The number of nitrogens with one attached hydrogen (secondary N) is 1. The highest BCUT2D eigenvalue weighted by molar-refractivity contribution is 7.09. The van der Waals surface area contributed by atoms with Gasteiger partial charge in [0.2, 0.25) is 0 Å². The quantitative estimate of drug-likeness (QED) is 0.194. The van der Waals surface area contributed by atoms with Crippen molar-refractivity contribution in [2.75, 3.05) is 0 Å². The minimum absolute atomic E-state index is 0.232. The van der Waals surface area contributed by atoms with Crippen LogP contribution in [0.3, 0.4) is 0 Å². The number of carbonyl (C=O) groups is 1. The molecular formula is C32H29FN4O2S. The van der Waals surface area contributed by atoms with E-state index in [1.165, 1.54) is 23.5 Å². The Bertz CT molecular complexity index is 1490. The molecule has 6 nitrogen and oxygen atoms in total. The largest absolute Gasteiger partial charge is 0.489 e. The lowest BCUT2D eigenvalue weighted by molar-refractivity contribution is 0.0945. The second-order valence-electron chi connectivity index (χ2n) is 9.32. The number of nitrogens with zero attached hydrogens (tertiary/aromatic N) is 3. The molecule has 0 fully saturated rings. The number of aromatic nitrogens is 2. The summed E-state index contributed by atoms with van der Waals surface area (Å²) in [6.07, 6.45) is 1.70. The Kier molecular flexibility index (Phi) is 9.24. The van der Waals surface area contributed by atoms with Gasteiger partial charge in [0, 0.05) is 24.7 Å². The Morgan fingerprint density at radius 1 is 0.825 bits per heavy atom. The van der Waals surface area contributed by atoms with Crippen LogP contribution in [0.1, 0.15) is 37.9 Å². The molecule has 0 bridgehead atoms. The number of carbonyl (C=O) groups excluding carboxylic acids is 1. The van der Waals surface area contributed by atoms with Crippen molar-refractivity contribution in [3.63, 3.8) is 0 Å². The number of ether oxygens (including phenoxy) is 1. The molecule has 1 amide bonds. The van der Waals surface area contributed by atoms with Crippen LogP contribution in [0.15, 0.2) is 109 Å². The summed E-state index contributed by atoms with van der Waals surface area (Å²) in [5, 5.41) is 5.48. The third-order valence-electron chi connectivity index (χ3n) is 6.20. The number of thiazole rings is 1. The molecule has 0 saturated carbocycles. The monoisotopic (exact) mass is 552 g/mol. The van der Waals surface area contributed by atoms with Crippen LogP contribution in [0.4, 0.5) is 4.39 Å². The molecule has 0 radical (unpaired) electrons. The number of halogens is 1. The van der Waals surface area contributed by atoms with Crippen LogP contribution in [-0.4, -0.2) is 20.8 Å². The Labute approximate surface area is 237 Å². The van der Waals surface area contributed by atoms with Crippen molar-refractivity contribution in [1.29, 1.82) is 0 Å². The lowest BCUT2D eigenvalue weighted by Crippen LogP contribution is -2.24. The minimum atomic E-state index is -0.261. The van der Waals surface area contributed by atoms with Gasteiger partial charge in [-0.3, -0.25) is 14.7 Å². The minimum Gasteiger partial charge on any atom is -0.489 e. The normalized spacial score (nSPS) is 10.9. The van der Waals surface area contributed by atoms with E-state index >= 15 is 0 Å². The molecular weight excluding hydrogens is 523 g/mol. The first-order chi connectivity index (χ1) is 19.6. The fraction of sp³-hybridized carbons (Fsp3) is 0.156. The van der Waals surface area contributed by atoms with Crippen LogP contribution in [-0.2, 0) is 32.8 Å². The summed E-state index contributed by atoms with van der Waals surface area (Å²) in [6.45, 7) is 2.65. The lowest BCUT2D eigenvalue weighted by Gasteiger charge is -2.22. The van der Waals surface area contributed by atoms with Gasteiger partial charge >= 0.3 is 0 Å². The fourth-order valence-corrected chi connectivity index (χ4v) is 4.96. The Balaban J connectivity index is 1.23. The van der Waals surface area contributed by atoms with Crippen LogP contribution in [0, 0.1) is 5.82 Å². The molecule has 3 aromatic carbocycles. The van der Waals surface area contributed by atoms with Crippen molar-refractivity contribution in [3.05, 3.63) is 148 Å². The number of hydrogen-bond acceptors (Lipinski definition) is 6. The van der Waals surface area contributed by atoms with Gasteiger partial charge in [-0.25, -0.2) is 9.37 Å². The maximum Gasteiger partial charge on any atom is 0.271 e. The van der Waals surface area contributed by atoms with Crippen molar-refractivity contribution in [2.45, 2.75) is 32.8 Å². The van der Waals surface area contributed by atoms with Crippen LogP contribution in [0.25, 0.3) is 0 Å². The molecule has 2 aromatic heterocycles. The maximum atomic E-state index is 13.5. The summed E-state index contributed by atoms with van der Waals surface area (Å²) in [6, 6.07) is 30.2. The molecule has 0 aliphatic rings. The van der Waals surface area contributed by atoms with Crippen LogP contribution < -0.4 is 10.1 Å². The van der Waals surface area contributed by atoms with Gasteiger partial charge in [-0.1, -0.05) is 60.7 Å². The smallest absolute Gasteiger partial charge is 0.271 e. The van der Waals surface area contributed by atoms with Gasteiger partial charge in [0.25, 0.3) is 5.91 Å². The topological polar surface area (TPSA) is 67.4 Å². The first-order valence-corrected chi connectivity index (χ1v) is 13.8. The van der Waals surface area contributed by atoms with Gasteiger partial charge in [0.05, 0.1) is 18.8 Å². The van der Waals surface area contributed by atoms with Crippen LogP contribution in [0.2, 0.25) is 0 Å². The van der Waals surface area contributed by atoms with Crippen molar-refractivity contribution in [3.8, 4) is 5.75 Å². The number of pyridine rings is 1. The molecule has 2 heterocycles. The third kappa shape index (κ3) is 8.05. The number of amides is 1. The molecule has 0 aliphatic carbocycles. The molecule has 0 atom stereocenters. The number of benzene rings is 3. The average Bonchev–Trinajstić information content (AvgIpc) is 3.46. The van der Waals surface area contributed by atoms with E-state index in [0.717, 1.165) is 33.1 Å². The number of rotatable bonds is 12. The average molecular weight is 553 g/mol. The molecule has 40 heavy (non-hydrogen) atoms. The standard InChI is InChI=1S/C32H29FN4O2S/c33-27-13-9-24(10-14-27)19-37(20-25-11-15-29(16-12-25)39-22-26-6-2-1-3-7-26)21-31-36-30(23-40-31)32(38)35-18-28-8-4-5-17-34-28/h1-17,23H,18-22H2,(H,35,38). The van der Waals surface area contributed by atoms with Gasteiger partial charge in [0.15, 0.2) is 0 Å². The summed E-state index contributed by atoms with van der Waals surface area (Å²) in [4.78, 5) is 23.7. The maximum absolute atomic E-state index is 13.5. The molecule has 0 unspecified atom stereocenters. The van der Waals surface area contributed by atoms with Crippen molar-refractivity contribution < 1.29 is 13.9 Å². The van der Waals surface area contributed by atoms with Gasteiger partial charge in [-0.05, 0) is 53.1 Å². The van der Waals surface area contributed by atoms with E-state index in [1.54, 1.807) is 23.7 Å². The Morgan fingerprint density at radius 3 is 2.23 bits per heavy atom. The summed E-state index contributed by atoms with van der Waals surface area (Å²) >= 11 is 1.45. The van der Waals surface area contributed by atoms with Crippen molar-refractivity contribution in [2.24, 2.45) is 0 Å². The van der Waals surface area contributed by atoms with E-state index in [0.29, 0.717) is 38.5 Å². The van der Waals surface area contributed by atoms with E-state index < -0.39 is 0 Å². The van der Waals surface area contributed by atoms with Crippen LogP contribution in [0.5, 0.6) is 5.75 Å². The number of hydrogen-bond donors (Lipinski definition) is 1. The highest BCUT2D eigenvalue weighted by Gasteiger charge is 2.15. The zero-order valence-corrected chi connectivity index (χ0v) is 22.7. The van der Waals surface area contributed by atoms with E-state index in [9.17, 15) is 9.18 Å². The van der Waals surface area contributed by atoms with Gasteiger partial charge in [-0.2, -0.15) is 0 Å². The van der Waals surface area contributed by atoms with Gasteiger partial charge in [0.1, 0.15) is 28.9 Å². The predicted molar refractivity (Wildman–Crippen MR) is 154 cm³/mol. The highest BCUT2D eigenvalue weighted by Crippen LogP contribution is 2.20. The lowest BCUT2D eigenvalue weighted by atomic mass is 10.1. The third-order valence-corrected chi connectivity index (χ3v) is 7.03. The summed E-state index contributed by atoms with van der Waals surface area (Å²) < 4.78 is 19.4. The molecule has 5 rings (SSSR count). The molecule has 0 spiro atoms. The SMILES string of the molecule is O=C(NCc1ccccn1)c1csc(CN(Cc2ccc(F)cc2)Cc2ccc(OCc3ccccc3)cc2)n1. The van der Waals surface area contributed by atoms with Crippen molar-refractivity contribution in [1.82, 2.24) is 20.2 Å². The Hall–Kier alpha value is -4.40. The summed E-state index contributed by atoms with van der Waals surface area (Å²) in [5.41, 5.74) is 4.39. The zero-order chi connectivity index (χ0) is 27.6. The van der Waals surface area contributed by atoms with Crippen LogP contribution >= 0.6 is 11.3 Å².